The third-order valence-electron chi connectivity index (χ3n) is 3.07. The van der Waals surface area contributed by atoms with Crippen LogP contribution in [0.25, 0.3) is 11.8 Å². The highest BCUT2D eigenvalue weighted by molar-refractivity contribution is 7.71. The second-order valence-corrected chi connectivity index (χ2v) is 5.34. The lowest BCUT2D eigenvalue weighted by atomic mass is 10.2. The number of rotatable bonds is 2. The monoisotopic (exact) mass is 331 g/mol. The number of benzene rings is 1. The van der Waals surface area contributed by atoms with Gasteiger partial charge in [0.05, 0.1) is 11.4 Å². The standard InChI is InChI=1S/C15H10ClN3O2S/c16-9-3-5-11(6-4-9)19-14(21)12(13(20)18-15(19)22)8-10-2-1-7-17-10/h1-8,21H,(H,18,20,22). The number of allylic oxidation sites excluding steroid dienone is 2. The molecule has 5 nitrogen and oxygen atoms in total. The van der Waals surface area contributed by atoms with Crippen molar-refractivity contribution < 1.29 is 5.11 Å². The van der Waals surface area contributed by atoms with Crippen molar-refractivity contribution in [3.8, 4) is 11.6 Å². The number of aromatic hydroxyl groups is 1. The van der Waals surface area contributed by atoms with Crippen LogP contribution >= 0.6 is 23.8 Å². The van der Waals surface area contributed by atoms with Gasteiger partial charge in [-0.3, -0.25) is 19.3 Å². The van der Waals surface area contributed by atoms with Crippen molar-refractivity contribution in [3.63, 3.8) is 0 Å². The highest BCUT2D eigenvalue weighted by atomic mass is 35.5. The van der Waals surface area contributed by atoms with Gasteiger partial charge in [-0.1, -0.05) is 11.6 Å². The van der Waals surface area contributed by atoms with Crippen LogP contribution in [-0.4, -0.2) is 20.9 Å². The van der Waals surface area contributed by atoms with Crippen LogP contribution in [-0.2, 0) is 0 Å². The average Bonchev–Trinajstić information content (AvgIpc) is 2.98. The van der Waals surface area contributed by atoms with E-state index in [9.17, 15) is 9.90 Å². The van der Waals surface area contributed by atoms with Crippen LogP contribution in [0, 0.1) is 4.77 Å². The van der Waals surface area contributed by atoms with E-state index in [-0.39, 0.29) is 16.2 Å². The number of hydrogen-bond donors (Lipinski definition) is 2. The van der Waals surface area contributed by atoms with E-state index in [2.05, 4.69) is 9.98 Å². The Morgan fingerprint density at radius 3 is 2.68 bits per heavy atom. The average molecular weight is 332 g/mol. The number of halogens is 1. The van der Waals surface area contributed by atoms with E-state index in [1.165, 1.54) is 10.6 Å². The summed E-state index contributed by atoms with van der Waals surface area (Å²) in [4.78, 5) is 18.7. The largest absolute Gasteiger partial charge is 0.494 e. The Bertz CT molecular complexity index is 923. The minimum atomic E-state index is -0.476. The lowest BCUT2D eigenvalue weighted by Gasteiger charge is -2.11. The zero-order chi connectivity index (χ0) is 15.7. The lowest BCUT2D eigenvalue weighted by Crippen LogP contribution is -2.16. The Morgan fingerprint density at radius 1 is 1.32 bits per heavy atom. The predicted octanol–water partition coefficient (Wildman–Crippen LogP) is 3.24. The van der Waals surface area contributed by atoms with Crippen LogP contribution in [0.4, 0.5) is 0 Å². The highest BCUT2D eigenvalue weighted by Gasteiger charge is 2.13. The molecule has 0 amide bonds. The van der Waals surface area contributed by atoms with Crippen LogP contribution in [0.2, 0.25) is 5.02 Å². The van der Waals surface area contributed by atoms with Crippen molar-refractivity contribution in [1.29, 1.82) is 0 Å². The lowest BCUT2D eigenvalue weighted by molar-refractivity contribution is 0.432. The second-order valence-electron chi connectivity index (χ2n) is 4.51. The van der Waals surface area contributed by atoms with Crippen molar-refractivity contribution in [2.45, 2.75) is 0 Å². The topological polar surface area (TPSA) is 70.4 Å². The normalized spacial score (nSPS) is 14.9. The summed E-state index contributed by atoms with van der Waals surface area (Å²) in [6, 6.07) is 6.73. The summed E-state index contributed by atoms with van der Waals surface area (Å²) >= 11 is 11.0. The first kappa shape index (κ1) is 14.5. The van der Waals surface area contributed by atoms with Gasteiger partial charge in [0.1, 0.15) is 5.56 Å². The van der Waals surface area contributed by atoms with Crippen molar-refractivity contribution in [1.82, 2.24) is 9.55 Å². The SMILES string of the molecule is O=c1[nH]c(=S)n(-c2ccc(Cl)cc2)c(O)c1C=C1C=CC=N1. The summed E-state index contributed by atoms with van der Waals surface area (Å²) in [5.74, 6) is -0.251. The van der Waals surface area contributed by atoms with E-state index in [1.54, 1.807) is 42.6 Å². The summed E-state index contributed by atoms with van der Waals surface area (Å²) < 4.78 is 1.46. The fourth-order valence-electron chi connectivity index (χ4n) is 2.05. The molecule has 2 N–H and O–H groups in total. The summed E-state index contributed by atoms with van der Waals surface area (Å²) in [6.07, 6.45) is 6.57. The second kappa shape index (κ2) is 5.75. The Labute approximate surface area is 135 Å². The van der Waals surface area contributed by atoms with Crippen molar-refractivity contribution in [3.05, 3.63) is 67.8 Å². The Morgan fingerprint density at radius 2 is 2.05 bits per heavy atom. The summed E-state index contributed by atoms with van der Waals surface area (Å²) in [7, 11) is 0. The van der Waals surface area contributed by atoms with Gasteiger partial charge in [0.25, 0.3) is 5.56 Å². The van der Waals surface area contributed by atoms with Gasteiger partial charge in [0.15, 0.2) is 4.77 Å². The van der Waals surface area contributed by atoms with Gasteiger partial charge >= 0.3 is 0 Å². The van der Waals surface area contributed by atoms with Crippen molar-refractivity contribution in [2.24, 2.45) is 4.99 Å². The third-order valence-corrected chi connectivity index (χ3v) is 3.61. The van der Waals surface area contributed by atoms with Gasteiger partial charge in [0, 0.05) is 11.2 Å². The molecule has 0 atom stereocenters. The minimum Gasteiger partial charge on any atom is -0.494 e. The molecule has 3 rings (SSSR count). The highest BCUT2D eigenvalue weighted by Crippen LogP contribution is 2.23. The number of H-pyrrole nitrogens is 1. The molecule has 110 valence electrons. The molecule has 0 spiro atoms. The molecule has 0 aliphatic carbocycles. The molecule has 0 unspecified atom stereocenters. The van der Waals surface area contributed by atoms with E-state index in [0.717, 1.165) is 0 Å². The summed E-state index contributed by atoms with van der Waals surface area (Å²) in [5.41, 5.74) is 0.770. The molecule has 1 aliphatic heterocycles. The van der Waals surface area contributed by atoms with Gasteiger partial charge < -0.3 is 5.11 Å². The maximum absolute atomic E-state index is 12.0. The molecule has 2 heterocycles. The molecular formula is C15H10ClN3O2S. The van der Waals surface area contributed by atoms with Crippen LogP contribution in [0.5, 0.6) is 5.88 Å². The Kier molecular flexibility index (Phi) is 3.79. The van der Waals surface area contributed by atoms with E-state index in [4.69, 9.17) is 23.8 Å². The molecular weight excluding hydrogens is 322 g/mol. The molecule has 0 fully saturated rings. The van der Waals surface area contributed by atoms with E-state index >= 15 is 0 Å². The zero-order valence-corrected chi connectivity index (χ0v) is 12.7. The van der Waals surface area contributed by atoms with Crippen LogP contribution in [0.1, 0.15) is 5.56 Å². The van der Waals surface area contributed by atoms with Gasteiger partial charge in [0.2, 0.25) is 5.88 Å². The first-order valence-corrected chi connectivity index (χ1v) is 7.11. The first-order chi connectivity index (χ1) is 10.6. The number of hydrogen-bond acceptors (Lipinski definition) is 4. The first-order valence-electron chi connectivity index (χ1n) is 6.33. The molecule has 22 heavy (non-hydrogen) atoms. The molecule has 1 aliphatic rings. The molecule has 2 aromatic rings. The molecule has 0 radical (unpaired) electrons. The van der Waals surface area contributed by atoms with Gasteiger partial charge in [-0.15, -0.1) is 0 Å². The van der Waals surface area contributed by atoms with Crippen LogP contribution in [0.3, 0.4) is 0 Å². The molecule has 1 aromatic heterocycles. The van der Waals surface area contributed by atoms with Crippen molar-refractivity contribution >= 4 is 36.1 Å². The molecule has 1 aromatic carbocycles. The maximum atomic E-state index is 12.0. The Balaban J connectivity index is 2.24. The molecule has 0 saturated carbocycles. The quantitative estimate of drug-likeness (QED) is 0.830. The Hall–Kier alpha value is -2.44. The number of aromatic nitrogens is 2. The van der Waals surface area contributed by atoms with Gasteiger partial charge in [-0.25, -0.2) is 0 Å². The zero-order valence-electron chi connectivity index (χ0n) is 11.2. The van der Waals surface area contributed by atoms with Crippen LogP contribution < -0.4 is 5.56 Å². The molecule has 7 heteroatoms. The van der Waals surface area contributed by atoms with Crippen LogP contribution in [0.15, 0.2) is 51.9 Å². The van der Waals surface area contributed by atoms with Gasteiger partial charge in [-0.05, 0) is 54.7 Å². The van der Waals surface area contributed by atoms with Crippen molar-refractivity contribution in [2.75, 3.05) is 0 Å². The number of nitrogens with one attached hydrogen (secondary N) is 1. The summed E-state index contributed by atoms with van der Waals surface area (Å²) in [6.45, 7) is 0. The number of aromatic amines is 1. The summed E-state index contributed by atoms with van der Waals surface area (Å²) in [5, 5.41) is 11.0. The van der Waals surface area contributed by atoms with Gasteiger partial charge in [-0.2, -0.15) is 0 Å². The molecule has 0 bridgehead atoms. The minimum absolute atomic E-state index is 0.0854. The third kappa shape index (κ3) is 2.66. The molecule has 0 saturated heterocycles. The number of nitrogens with zero attached hydrogens (tertiary/aromatic N) is 2. The number of aliphatic imine (C=N–C) groups is 1. The maximum Gasteiger partial charge on any atom is 0.262 e. The van der Waals surface area contributed by atoms with E-state index in [0.29, 0.717) is 16.4 Å². The fourth-order valence-corrected chi connectivity index (χ4v) is 2.46. The van der Waals surface area contributed by atoms with E-state index in [1.807, 2.05) is 0 Å². The fraction of sp³-hybridized carbons (Fsp3) is 0. The van der Waals surface area contributed by atoms with E-state index < -0.39 is 5.56 Å². The predicted molar refractivity (Wildman–Crippen MR) is 89.5 cm³/mol. The smallest absolute Gasteiger partial charge is 0.262 e.